The third-order valence-corrected chi connectivity index (χ3v) is 5.79. The van der Waals surface area contributed by atoms with Gasteiger partial charge in [0, 0.05) is 28.4 Å². The molecule has 10 heteroatoms. The molecular formula is C24H18ClFN4O3S. The van der Waals surface area contributed by atoms with E-state index in [9.17, 15) is 14.0 Å². The van der Waals surface area contributed by atoms with Crippen LogP contribution in [-0.4, -0.2) is 22.0 Å². The Balaban J connectivity index is 1.29. The highest BCUT2D eigenvalue weighted by atomic mass is 35.5. The first kappa shape index (κ1) is 23.3. The molecule has 0 aliphatic rings. The summed E-state index contributed by atoms with van der Waals surface area (Å²) in [5, 5.41) is 14.6. The number of halogens is 2. The summed E-state index contributed by atoms with van der Waals surface area (Å²) in [4.78, 5) is 24.8. The van der Waals surface area contributed by atoms with E-state index in [1.807, 2.05) is 0 Å². The molecule has 3 aromatic carbocycles. The van der Waals surface area contributed by atoms with Crippen molar-refractivity contribution in [3.63, 3.8) is 0 Å². The lowest BCUT2D eigenvalue weighted by Crippen LogP contribution is -2.23. The molecule has 4 aromatic rings. The van der Waals surface area contributed by atoms with Crippen LogP contribution in [0.15, 0.2) is 72.8 Å². The van der Waals surface area contributed by atoms with Crippen LogP contribution < -0.4 is 15.4 Å². The Bertz CT molecular complexity index is 1300. The molecule has 4 rings (SSSR count). The normalized spacial score (nSPS) is 10.5. The van der Waals surface area contributed by atoms with Crippen LogP contribution in [0, 0.1) is 5.82 Å². The quantitative estimate of drug-likeness (QED) is 0.354. The smallest absolute Gasteiger partial charge is 0.286 e. The molecule has 1 aromatic heterocycles. The molecule has 0 aliphatic heterocycles. The van der Waals surface area contributed by atoms with Crippen molar-refractivity contribution in [3.05, 3.63) is 105 Å². The first-order valence-electron chi connectivity index (χ1n) is 10.1. The predicted octanol–water partition coefficient (Wildman–Crippen LogP) is 5.09. The number of ether oxygens (including phenoxy) is 1. The van der Waals surface area contributed by atoms with E-state index in [2.05, 4.69) is 20.8 Å². The minimum absolute atomic E-state index is 0.0745. The molecule has 0 unspecified atom stereocenters. The summed E-state index contributed by atoms with van der Waals surface area (Å²) in [5.74, 6) is -0.525. The zero-order chi connectivity index (χ0) is 23.9. The first-order chi connectivity index (χ1) is 16.5. The highest BCUT2D eigenvalue weighted by Gasteiger charge is 2.14. The number of amides is 2. The number of rotatable bonds is 8. The fourth-order valence-electron chi connectivity index (χ4n) is 2.89. The number of carbonyl (C=O) groups excluding carboxylic acids is 2. The Hall–Kier alpha value is -3.82. The van der Waals surface area contributed by atoms with Gasteiger partial charge < -0.3 is 15.4 Å². The predicted molar refractivity (Wildman–Crippen MR) is 128 cm³/mol. The van der Waals surface area contributed by atoms with Crippen molar-refractivity contribution in [1.29, 1.82) is 0 Å². The van der Waals surface area contributed by atoms with Crippen LogP contribution in [0.25, 0.3) is 0 Å². The van der Waals surface area contributed by atoms with Crippen molar-refractivity contribution in [2.75, 3.05) is 5.32 Å². The molecule has 7 nitrogen and oxygen atoms in total. The largest absolute Gasteiger partial charge is 0.486 e. The lowest BCUT2D eigenvalue weighted by Gasteiger charge is -2.07. The third kappa shape index (κ3) is 6.15. The van der Waals surface area contributed by atoms with Gasteiger partial charge in [0.1, 0.15) is 18.2 Å². The van der Waals surface area contributed by atoms with Gasteiger partial charge in [-0.15, -0.1) is 10.2 Å². The Kier molecular flexibility index (Phi) is 7.46. The van der Waals surface area contributed by atoms with E-state index in [-0.39, 0.29) is 29.9 Å². The van der Waals surface area contributed by atoms with E-state index >= 15 is 0 Å². The van der Waals surface area contributed by atoms with E-state index in [1.54, 1.807) is 66.7 Å². The average Bonchev–Trinajstić information content (AvgIpc) is 3.33. The van der Waals surface area contributed by atoms with Crippen molar-refractivity contribution in [2.45, 2.75) is 13.2 Å². The topological polar surface area (TPSA) is 93.2 Å². The van der Waals surface area contributed by atoms with Gasteiger partial charge in [-0.1, -0.05) is 41.1 Å². The summed E-state index contributed by atoms with van der Waals surface area (Å²) in [7, 11) is 0. The van der Waals surface area contributed by atoms with Gasteiger partial charge in [-0.3, -0.25) is 9.59 Å². The third-order valence-electron chi connectivity index (χ3n) is 4.64. The maximum absolute atomic E-state index is 13.7. The second-order valence-electron chi connectivity index (χ2n) is 7.05. The van der Waals surface area contributed by atoms with Gasteiger partial charge in [0.2, 0.25) is 5.01 Å². The van der Waals surface area contributed by atoms with Gasteiger partial charge in [-0.2, -0.15) is 0 Å². The number of hydrogen-bond donors (Lipinski definition) is 2. The van der Waals surface area contributed by atoms with E-state index < -0.39 is 5.91 Å². The van der Waals surface area contributed by atoms with Crippen LogP contribution in [-0.2, 0) is 13.2 Å². The van der Waals surface area contributed by atoms with Gasteiger partial charge in [-0.25, -0.2) is 4.39 Å². The van der Waals surface area contributed by atoms with Crippen LogP contribution in [0.5, 0.6) is 5.75 Å². The molecule has 34 heavy (non-hydrogen) atoms. The Morgan fingerprint density at radius 3 is 2.41 bits per heavy atom. The van der Waals surface area contributed by atoms with Gasteiger partial charge in [0.05, 0.1) is 0 Å². The molecule has 0 saturated carbocycles. The summed E-state index contributed by atoms with van der Waals surface area (Å²) >= 11 is 6.96. The standard InChI is InChI=1S/C24H18ClFN4O3S/c25-17-7-11-19(12-8-17)33-14-21-29-30-24(34-21)23(32)28-18-9-5-15(6-10-18)22(31)27-13-16-3-1-2-4-20(16)26/h1-12H,13-14H2,(H,27,31)(H,28,32). The Morgan fingerprint density at radius 2 is 1.68 bits per heavy atom. The number of benzene rings is 3. The van der Waals surface area contributed by atoms with Gasteiger partial charge in [0.15, 0.2) is 5.01 Å². The van der Waals surface area contributed by atoms with Gasteiger partial charge >= 0.3 is 0 Å². The molecule has 0 fully saturated rings. The highest BCUT2D eigenvalue weighted by Crippen LogP contribution is 2.19. The van der Waals surface area contributed by atoms with Crippen LogP contribution >= 0.6 is 22.9 Å². The minimum Gasteiger partial charge on any atom is -0.486 e. The second kappa shape index (κ2) is 10.9. The summed E-state index contributed by atoms with van der Waals surface area (Å²) in [6, 6.07) is 19.5. The maximum atomic E-state index is 13.7. The van der Waals surface area contributed by atoms with Crippen LogP contribution in [0.2, 0.25) is 5.02 Å². The molecule has 0 radical (unpaired) electrons. The second-order valence-corrected chi connectivity index (χ2v) is 8.55. The molecule has 1 heterocycles. The number of nitrogens with zero attached hydrogens (tertiary/aromatic N) is 2. The van der Waals surface area contributed by atoms with Crippen LogP contribution in [0.3, 0.4) is 0 Å². The van der Waals surface area contributed by atoms with Crippen molar-refractivity contribution in [2.24, 2.45) is 0 Å². The first-order valence-corrected chi connectivity index (χ1v) is 11.3. The fraction of sp³-hybridized carbons (Fsp3) is 0.0833. The lowest BCUT2D eigenvalue weighted by molar-refractivity contribution is 0.0950. The van der Waals surface area contributed by atoms with E-state index in [4.69, 9.17) is 16.3 Å². The van der Waals surface area contributed by atoms with E-state index in [0.717, 1.165) is 11.3 Å². The Labute approximate surface area is 203 Å². The minimum atomic E-state index is -0.424. The average molecular weight is 497 g/mol. The van der Waals surface area contributed by atoms with Crippen molar-refractivity contribution in [1.82, 2.24) is 15.5 Å². The zero-order valence-corrected chi connectivity index (χ0v) is 19.2. The van der Waals surface area contributed by atoms with E-state index in [0.29, 0.717) is 32.6 Å². The highest BCUT2D eigenvalue weighted by molar-refractivity contribution is 7.13. The molecule has 0 spiro atoms. The summed E-state index contributed by atoms with van der Waals surface area (Å²) in [6.07, 6.45) is 0. The number of aromatic nitrogens is 2. The molecule has 0 aliphatic carbocycles. The number of carbonyl (C=O) groups is 2. The van der Waals surface area contributed by atoms with Crippen molar-refractivity contribution in [3.8, 4) is 5.75 Å². The molecule has 2 amide bonds. The van der Waals surface area contributed by atoms with E-state index in [1.165, 1.54) is 6.07 Å². The zero-order valence-electron chi connectivity index (χ0n) is 17.6. The number of anilines is 1. The Morgan fingerprint density at radius 1 is 0.941 bits per heavy atom. The molecule has 0 saturated heterocycles. The molecular weight excluding hydrogens is 479 g/mol. The molecule has 0 atom stereocenters. The lowest BCUT2D eigenvalue weighted by atomic mass is 10.1. The molecule has 2 N–H and O–H groups in total. The summed E-state index contributed by atoms with van der Waals surface area (Å²) in [6.45, 7) is 0.244. The maximum Gasteiger partial charge on any atom is 0.286 e. The number of nitrogens with one attached hydrogen (secondary N) is 2. The van der Waals surface area contributed by atoms with Crippen LogP contribution in [0.1, 0.15) is 30.7 Å². The number of hydrogen-bond acceptors (Lipinski definition) is 6. The van der Waals surface area contributed by atoms with Gasteiger partial charge in [-0.05, 0) is 54.6 Å². The summed E-state index contributed by atoms with van der Waals surface area (Å²) < 4.78 is 19.3. The van der Waals surface area contributed by atoms with Crippen LogP contribution in [0.4, 0.5) is 10.1 Å². The van der Waals surface area contributed by atoms with Crippen molar-refractivity contribution >= 4 is 40.4 Å². The fourth-order valence-corrected chi connectivity index (χ4v) is 3.66. The summed E-state index contributed by atoms with van der Waals surface area (Å²) in [5.41, 5.74) is 1.27. The van der Waals surface area contributed by atoms with Crippen molar-refractivity contribution < 1.29 is 18.7 Å². The molecule has 0 bridgehead atoms. The SMILES string of the molecule is O=C(NCc1ccccc1F)c1ccc(NC(=O)c2nnc(COc3ccc(Cl)cc3)s2)cc1. The van der Waals surface area contributed by atoms with Gasteiger partial charge in [0.25, 0.3) is 11.8 Å². The monoisotopic (exact) mass is 496 g/mol. The molecule has 172 valence electrons.